The second kappa shape index (κ2) is 6.02. The smallest absolute Gasteiger partial charge is 0.319 e. The summed E-state index contributed by atoms with van der Waals surface area (Å²) >= 11 is 6.22. The van der Waals surface area contributed by atoms with Crippen molar-refractivity contribution in [3.05, 3.63) is 16.4 Å². The molecule has 96 valence electrons. The van der Waals surface area contributed by atoms with E-state index in [9.17, 15) is 4.79 Å². The number of carbonyl (C=O) groups excluding carboxylic acids is 1. The van der Waals surface area contributed by atoms with Crippen LogP contribution in [0, 0.1) is 0 Å². The van der Waals surface area contributed by atoms with Gasteiger partial charge in [-0.15, -0.1) is 0 Å². The van der Waals surface area contributed by atoms with Crippen LogP contribution in [-0.2, 0) is 29.5 Å². The van der Waals surface area contributed by atoms with Crippen LogP contribution in [0.1, 0.15) is 18.3 Å². The summed E-state index contributed by atoms with van der Waals surface area (Å²) in [5.74, 6) is -0.262. The molecule has 0 atom stereocenters. The number of aryl methyl sites for hydroxylation is 2. The maximum atomic E-state index is 11.1. The summed E-state index contributed by atoms with van der Waals surface area (Å²) in [5, 5.41) is 5.01. The Balaban J connectivity index is 2.74. The quantitative estimate of drug-likeness (QED) is 0.747. The number of likely N-dealkylation sites (N-methyl/N-ethyl adjacent to an activating group) is 1. The van der Waals surface area contributed by atoms with Gasteiger partial charge in [-0.25, -0.2) is 0 Å². The van der Waals surface area contributed by atoms with Crippen molar-refractivity contribution in [2.45, 2.75) is 19.9 Å². The van der Waals surface area contributed by atoms with Gasteiger partial charge in [0.15, 0.2) is 0 Å². The maximum Gasteiger partial charge on any atom is 0.319 e. The van der Waals surface area contributed by atoms with E-state index in [0.717, 1.165) is 17.8 Å². The molecule has 0 N–H and O–H groups in total. The molecule has 1 aromatic rings. The number of hydrogen-bond acceptors (Lipinski definition) is 4. The molecule has 0 aromatic carbocycles. The molecule has 0 saturated carbocycles. The van der Waals surface area contributed by atoms with Crippen molar-refractivity contribution in [2.24, 2.45) is 7.05 Å². The van der Waals surface area contributed by atoms with E-state index in [0.29, 0.717) is 11.6 Å². The Morgan fingerprint density at radius 3 is 2.71 bits per heavy atom. The highest BCUT2D eigenvalue weighted by Crippen LogP contribution is 2.21. The van der Waals surface area contributed by atoms with Crippen LogP contribution in [0.3, 0.4) is 0 Å². The first kappa shape index (κ1) is 14.0. The predicted octanol–water partition coefficient (Wildman–Crippen LogP) is 1.24. The lowest BCUT2D eigenvalue weighted by Gasteiger charge is -2.15. The Kier molecular flexibility index (Phi) is 4.96. The van der Waals surface area contributed by atoms with Crippen molar-refractivity contribution in [1.29, 1.82) is 0 Å². The van der Waals surface area contributed by atoms with E-state index >= 15 is 0 Å². The zero-order valence-corrected chi connectivity index (χ0v) is 11.4. The van der Waals surface area contributed by atoms with Crippen LogP contribution in [0.5, 0.6) is 0 Å². The predicted molar refractivity (Wildman–Crippen MR) is 65.9 cm³/mol. The molecular weight excluding hydrogens is 242 g/mol. The Morgan fingerprint density at radius 1 is 1.59 bits per heavy atom. The van der Waals surface area contributed by atoms with Crippen molar-refractivity contribution in [3.63, 3.8) is 0 Å². The molecule has 0 radical (unpaired) electrons. The van der Waals surface area contributed by atoms with Gasteiger partial charge >= 0.3 is 5.97 Å². The lowest BCUT2D eigenvalue weighted by atomic mass is 10.3. The molecule has 1 rings (SSSR count). The molecule has 0 aliphatic carbocycles. The molecule has 1 aromatic heterocycles. The normalized spacial score (nSPS) is 10.9. The highest BCUT2D eigenvalue weighted by Gasteiger charge is 2.15. The average Bonchev–Trinajstić information content (AvgIpc) is 2.56. The first-order chi connectivity index (χ1) is 7.99. The van der Waals surface area contributed by atoms with Gasteiger partial charge in [0, 0.05) is 13.6 Å². The molecule has 1 heterocycles. The maximum absolute atomic E-state index is 11.1. The summed E-state index contributed by atoms with van der Waals surface area (Å²) in [6.07, 6.45) is 0.799. The van der Waals surface area contributed by atoms with Gasteiger partial charge in [-0.1, -0.05) is 18.5 Å². The van der Waals surface area contributed by atoms with Gasteiger partial charge < -0.3 is 4.74 Å². The summed E-state index contributed by atoms with van der Waals surface area (Å²) in [6.45, 7) is 2.81. The fourth-order valence-corrected chi connectivity index (χ4v) is 1.94. The van der Waals surface area contributed by atoms with E-state index in [2.05, 4.69) is 9.84 Å². The van der Waals surface area contributed by atoms with Crippen LogP contribution in [0.25, 0.3) is 0 Å². The summed E-state index contributed by atoms with van der Waals surface area (Å²) in [7, 11) is 5.07. The molecule has 0 bridgehead atoms. The third kappa shape index (κ3) is 3.44. The zero-order valence-electron chi connectivity index (χ0n) is 10.7. The molecule has 5 nitrogen and oxygen atoms in total. The molecular formula is C11H18ClN3O2. The summed E-state index contributed by atoms with van der Waals surface area (Å²) in [4.78, 5) is 13.0. The second-order valence-electron chi connectivity index (χ2n) is 3.93. The van der Waals surface area contributed by atoms with Crippen LogP contribution >= 0.6 is 11.6 Å². The standard InChI is InChI=1S/C11H18ClN3O2/c1-5-8-11(12)9(15(3)13-8)6-14(2)7-10(16)17-4/h5-7H2,1-4H3. The van der Waals surface area contributed by atoms with Crippen molar-refractivity contribution in [2.75, 3.05) is 20.7 Å². The van der Waals surface area contributed by atoms with Gasteiger partial charge in [-0.2, -0.15) is 5.10 Å². The number of esters is 1. The van der Waals surface area contributed by atoms with E-state index in [1.807, 2.05) is 25.9 Å². The van der Waals surface area contributed by atoms with E-state index < -0.39 is 0 Å². The van der Waals surface area contributed by atoms with Crippen LogP contribution in [0.2, 0.25) is 5.02 Å². The molecule has 0 aliphatic heterocycles. The van der Waals surface area contributed by atoms with Gasteiger partial charge in [-0.05, 0) is 13.5 Å². The van der Waals surface area contributed by atoms with Gasteiger partial charge in [0.05, 0.1) is 30.1 Å². The molecule has 0 fully saturated rings. The molecule has 0 spiro atoms. The third-order valence-corrected chi connectivity index (χ3v) is 2.99. The number of rotatable bonds is 5. The fourth-order valence-electron chi connectivity index (χ4n) is 1.59. The van der Waals surface area contributed by atoms with Crippen molar-refractivity contribution >= 4 is 17.6 Å². The topological polar surface area (TPSA) is 47.4 Å². The number of aromatic nitrogens is 2. The number of hydrogen-bond donors (Lipinski definition) is 0. The first-order valence-electron chi connectivity index (χ1n) is 5.45. The largest absolute Gasteiger partial charge is 0.468 e. The molecule has 6 heteroatoms. The number of carbonyl (C=O) groups is 1. The van der Waals surface area contributed by atoms with E-state index in [1.54, 1.807) is 4.68 Å². The van der Waals surface area contributed by atoms with Crippen molar-refractivity contribution in [1.82, 2.24) is 14.7 Å². The Morgan fingerprint density at radius 2 is 2.24 bits per heavy atom. The molecule has 0 amide bonds. The van der Waals surface area contributed by atoms with E-state index in [-0.39, 0.29) is 12.5 Å². The molecule has 0 unspecified atom stereocenters. The number of nitrogens with zero attached hydrogens (tertiary/aromatic N) is 3. The minimum Gasteiger partial charge on any atom is -0.468 e. The molecule has 0 saturated heterocycles. The van der Waals surface area contributed by atoms with Crippen LogP contribution < -0.4 is 0 Å². The monoisotopic (exact) mass is 259 g/mol. The molecule has 17 heavy (non-hydrogen) atoms. The lowest BCUT2D eigenvalue weighted by molar-refractivity contribution is -0.141. The van der Waals surface area contributed by atoms with Crippen LogP contribution in [0.15, 0.2) is 0 Å². The Labute approximate surface area is 106 Å². The average molecular weight is 260 g/mol. The highest BCUT2D eigenvalue weighted by atomic mass is 35.5. The lowest BCUT2D eigenvalue weighted by Crippen LogP contribution is -2.27. The summed E-state index contributed by atoms with van der Waals surface area (Å²) in [6, 6.07) is 0. The highest BCUT2D eigenvalue weighted by molar-refractivity contribution is 6.31. The van der Waals surface area contributed by atoms with Gasteiger partial charge in [0.25, 0.3) is 0 Å². The van der Waals surface area contributed by atoms with Gasteiger partial charge in [0.1, 0.15) is 0 Å². The summed E-state index contributed by atoms with van der Waals surface area (Å²) < 4.78 is 6.37. The second-order valence-corrected chi connectivity index (χ2v) is 4.31. The Bertz CT molecular complexity index is 404. The Hall–Kier alpha value is -1.07. The minimum atomic E-state index is -0.262. The number of halogens is 1. The van der Waals surface area contributed by atoms with Crippen LogP contribution in [-0.4, -0.2) is 41.4 Å². The van der Waals surface area contributed by atoms with E-state index in [4.69, 9.17) is 11.6 Å². The minimum absolute atomic E-state index is 0.236. The van der Waals surface area contributed by atoms with Gasteiger partial charge in [-0.3, -0.25) is 14.4 Å². The third-order valence-electron chi connectivity index (χ3n) is 2.55. The number of methoxy groups -OCH3 is 1. The van der Waals surface area contributed by atoms with Crippen molar-refractivity contribution in [3.8, 4) is 0 Å². The SMILES string of the molecule is CCc1nn(C)c(CN(C)CC(=O)OC)c1Cl. The van der Waals surface area contributed by atoms with Crippen molar-refractivity contribution < 1.29 is 9.53 Å². The van der Waals surface area contributed by atoms with Crippen LogP contribution in [0.4, 0.5) is 0 Å². The molecule has 0 aliphatic rings. The zero-order chi connectivity index (χ0) is 13.0. The van der Waals surface area contributed by atoms with E-state index in [1.165, 1.54) is 7.11 Å². The fraction of sp³-hybridized carbons (Fsp3) is 0.636. The van der Waals surface area contributed by atoms with Gasteiger partial charge in [0.2, 0.25) is 0 Å². The number of ether oxygens (including phenoxy) is 1. The summed E-state index contributed by atoms with van der Waals surface area (Å²) in [5.41, 5.74) is 1.80. The first-order valence-corrected chi connectivity index (χ1v) is 5.83.